The molecule has 0 radical (unpaired) electrons. The van der Waals surface area contributed by atoms with E-state index in [9.17, 15) is 8.42 Å². The molecular formula is C12H17BrN2O3S. The molecule has 1 heterocycles. The monoisotopic (exact) mass is 348 g/mol. The molecule has 1 aromatic rings. The Morgan fingerprint density at radius 3 is 2.68 bits per heavy atom. The summed E-state index contributed by atoms with van der Waals surface area (Å²) in [6, 6.07) is 4.80. The highest BCUT2D eigenvalue weighted by atomic mass is 79.9. The first-order chi connectivity index (χ1) is 8.72. The Bertz CT molecular complexity index is 587. The summed E-state index contributed by atoms with van der Waals surface area (Å²) in [6.45, 7) is 4.81. The molecule has 1 aliphatic rings. The molecule has 1 fully saturated rings. The number of rotatable bonds is 2. The Morgan fingerprint density at radius 1 is 1.42 bits per heavy atom. The Morgan fingerprint density at radius 2 is 2.11 bits per heavy atom. The molecule has 2 rings (SSSR count). The van der Waals surface area contributed by atoms with Crippen LogP contribution in [0.3, 0.4) is 0 Å². The van der Waals surface area contributed by atoms with Crippen molar-refractivity contribution in [1.29, 1.82) is 0 Å². The molecule has 0 aliphatic carbocycles. The first-order valence-corrected chi connectivity index (χ1v) is 8.15. The SMILES string of the molecule is CC1(C)CN(S(=O)(=O)c2ccc(Br)cc2N)CCO1. The van der Waals surface area contributed by atoms with Gasteiger partial charge in [0.05, 0.1) is 17.9 Å². The number of benzene rings is 1. The van der Waals surface area contributed by atoms with Crippen molar-refractivity contribution < 1.29 is 13.2 Å². The Labute approximate surface area is 121 Å². The van der Waals surface area contributed by atoms with Crippen molar-refractivity contribution in [3.8, 4) is 0 Å². The molecule has 0 atom stereocenters. The van der Waals surface area contributed by atoms with E-state index in [0.717, 1.165) is 4.47 Å². The zero-order valence-corrected chi connectivity index (χ0v) is 13.3. The maximum atomic E-state index is 12.6. The van der Waals surface area contributed by atoms with Crippen molar-refractivity contribution >= 4 is 31.6 Å². The standard InChI is InChI=1S/C12H17BrN2O3S/c1-12(2)8-15(5-6-18-12)19(16,17)11-4-3-9(13)7-10(11)14/h3-4,7H,5-6,8,14H2,1-2H3. The van der Waals surface area contributed by atoms with Gasteiger partial charge in [-0.2, -0.15) is 4.31 Å². The average Bonchev–Trinajstić information content (AvgIpc) is 2.27. The van der Waals surface area contributed by atoms with E-state index in [1.807, 2.05) is 13.8 Å². The summed E-state index contributed by atoms with van der Waals surface area (Å²) in [5.41, 5.74) is 5.59. The number of ether oxygens (including phenoxy) is 1. The number of nitrogens with two attached hydrogens (primary N) is 1. The molecule has 2 N–H and O–H groups in total. The highest BCUT2D eigenvalue weighted by Crippen LogP contribution is 2.28. The van der Waals surface area contributed by atoms with Crippen molar-refractivity contribution in [2.24, 2.45) is 0 Å². The number of hydrogen-bond acceptors (Lipinski definition) is 4. The molecule has 106 valence electrons. The topological polar surface area (TPSA) is 72.6 Å². The highest BCUT2D eigenvalue weighted by molar-refractivity contribution is 9.10. The predicted molar refractivity (Wildman–Crippen MR) is 77.3 cm³/mol. The third-order valence-electron chi connectivity index (χ3n) is 2.98. The molecule has 1 saturated heterocycles. The van der Waals surface area contributed by atoms with Crippen LogP contribution in [-0.2, 0) is 14.8 Å². The van der Waals surface area contributed by atoms with Gasteiger partial charge in [-0.05, 0) is 32.0 Å². The van der Waals surface area contributed by atoms with E-state index in [1.165, 1.54) is 10.4 Å². The van der Waals surface area contributed by atoms with E-state index in [0.29, 0.717) is 19.7 Å². The van der Waals surface area contributed by atoms with E-state index in [2.05, 4.69) is 15.9 Å². The summed E-state index contributed by atoms with van der Waals surface area (Å²) in [7, 11) is -3.57. The minimum Gasteiger partial charge on any atom is -0.398 e. The van der Waals surface area contributed by atoms with Crippen LogP contribution in [0.1, 0.15) is 13.8 Å². The zero-order chi connectivity index (χ0) is 14.3. The Kier molecular flexibility index (Phi) is 3.92. The van der Waals surface area contributed by atoms with Gasteiger partial charge in [-0.15, -0.1) is 0 Å². The lowest BCUT2D eigenvalue weighted by Gasteiger charge is -2.37. The first-order valence-electron chi connectivity index (χ1n) is 5.91. The summed E-state index contributed by atoms with van der Waals surface area (Å²) >= 11 is 3.27. The van der Waals surface area contributed by atoms with Gasteiger partial charge in [0, 0.05) is 17.6 Å². The third-order valence-corrected chi connectivity index (χ3v) is 5.39. The molecule has 0 spiro atoms. The zero-order valence-electron chi connectivity index (χ0n) is 10.9. The molecular weight excluding hydrogens is 332 g/mol. The van der Waals surface area contributed by atoms with Crippen molar-refractivity contribution in [3.63, 3.8) is 0 Å². The fourth-order valence-corrected chi connectivity index (χ4v) is 4.12. The van der Waals surface area contributed by atoms with Crippen LogP contribution >= 0.6 is 15.9 Å². The number of nitrogens with zero attached hydrogens (tertiary/aromatic N) is 1. The fraction of sp³-hybridized carbons (Fsp3) is 0.500. The summed E-state index contributed by atoms with van der Waals surface area (Å²) in [6.07, 6.45) is 0. The molecule has 7 heteroatoms. The quantitative estimate of drug-likeness (QED) is 0.827. The number of nitrogen functional groups attached to an aromatic ring is 1. The minimum atomic E-state index is -3.57. The number of sulfonamides is 1. The first kappa shape index (κ1) is 14.8. The van der Waals surface area contributed by atoms with Gasteiger partial charge in [-0.3, -0.25) is 0 Å². The van der Waals surface area contributed by atoms with Crippen molar-refractivity contribution in [1.82, 2.24) is 4.31 Å². The largest absolute Gasteiger partial charge is 0.398 e. The molecule has 0 aromatic heterocycles. The number of anilines is 1. The normalized spacial score (nSPS) is 20.4. The van der Waals surface area contributed by atoms with Gasteiger partial charge in [-0.25, -0.2) is 8.42 Å². The van der Waals surface area contributed by atoms with Crippen LogP contribution in [0.2, 0.25) is 0 Å². The molecule has 5 nitrogen and oxygen atoms in total. The van der Waals surface area contributed by atoms with Crippen molar-refractivity contribution in [2.45, 2.75) is 24.3 Å². The Balaban J connectivity index is 2.37. The lowest BCUT2D eigenvalue weighted by atomic mass is 10.1. The van der Waals surface area contributed by atoms with Crippen LogP contribution in [0.5, 0.6) is 0 Å². The van der Waals surface area contributed by atoms with Gasteiger partial charge >= 0.3 is 0 Å². The fourth-order valence-electron chi connectivity index (χ4n) is 2.07. The van der Waals surface area contributed by atoms with Crippen LogP contribution in [-0.4, -0.2) is 38.0 Å². The van der Waals surface area contributed by atoms with E-state index in [-0.39, 0.29) is 10.6 Å². The van der Waals surface area contributed by atoms with Crippen molar-refractivity contribution in [3.05, 3.63) is 22.7 Å². The van der Waals surface area contributed by atoms with Crippen LogP contribution in [0.25, 0.3) is 0 Å². The third kappa shape index (κ3) is 3.10. The van der Waals surface area contributed by atoms with Crippen LogP contribution < -0.4 is 5.73 Å². The molecule has 0 saturated carbocycles. The van der Waals surface area contributed by atoms with E-state index in [4.69, 9.17) is 10.5 Å². The average molecular weight is 349 g/mol. The second kappa shape index (κ2) is 5.05. The number of halogens is 1. The van der Waals surface area contributed by atoms with Crippen LogP contribution in [0.4, 0.5) is 5.69 Å². The second-order valence-corrected chi connectivity index (χ2v) is 7.95. The number of morpholine rings is 1. The lowest BCUT2D eigenvalue weighted by molar-refractivity contribution is -0.0640. The van der Waals surface area contributed by atoms with E-state index >= 15 is 0 Å². The highest BCUT2D eigenvalue weighted by Gasteiger charge is 2.35. The molecule has 1 aliphatic heterocycles. The molecule has 0 bridgehead atoms. The van der Waals surface area contributed by atoms with E-state index in [1.54, 1.807) is 12.1 Å². The smallest absolute Gasteiger partial charge is 0.245 e. The molecule has 0 unspecified atom stereocenters. The minimum absolute atomic E-state index is 0.147. The molecule has 19 heavy (non-hydrogen) atoms. The molecule has 0 amide bonds. The van der Waals surface area contributed by atoms with Gasteiger partial charge in [-0.1, -0.05) is 15.9 Å². The Hall–Kier alpha value is -0.630. The van der Waals surface area contributed by atoms with Gasteiger partial charge in [0.2, 0.25) is 10.0 Å². The van der Waals surface area contributed by atoms with Gasteiger partial charge < -0.3 is 10.5 Å². The van der Waals surface area contributed by atoms with Gasteiger partial charge in [0.25, 0.3) is 0 Å². The van der Waals surface area contributed by atoms with Crippen LogP contribution in [0, 0.1) is 0 Å². The lowest BCUT2D eigenvalue weighted by Crippen LogP contribution is -2.50. The summed E-state index contributed by atoms with van der Waals surface area (Å²) < 4.78 is 32.9. The maximum absolute atomic E-state index is 12.6. The van der Waals surface area contributed by atoms with Crippen molar-refractivity contribution in [2.75, 3.05) is 25.4 Å². The maximum Gasteiger partial charge on any atom is 0.245 e. The second-order valence-electron chi connectivity index (χ2n) is 5.13. The summed E-state index contributed by atoms with van der Waals surface area (Å²) in [4.78, 5) is 0.147. The van der Waals surface area contributed by atoms with Gasteiger partial charge in [0.15, 0.2) is 0 Å². The summed E-state index contributed by atoms with van der Waals surface area (Å²) in [5.74, 6) is 0. The molecule has 1 aromatic carbocycles. The predicted octanol–water partition coefficient (Wildman–Crippen LogP) is 1.83. The van der Waals surface area contributed by atoms with Crippen LogP contribution in [0.15, 0.2) is 27.6 Å². The van der Waals surface area contributed by atoms with Gasteiger partial charge in [0.1, 0.15) is 4.90 Å². The van der Waals surface area contributed by atoms with E-state index < -0.39 is 15.6 Å². The summed E-state index contributed by atoms with van der Waals surface area (Å²) in [5, 5.41) is 0. The number of hydrogen-bond donors (Lipinski definition) is 1.